The molecule has 182 valence electrons. The van der Waals surface area contributed by atoms with Crippen molar-refractivity contribution in [2.24, 2.45) is 0 Å². The van der Waals surface area contributed by atoms with Gasteiger partial charge < -0.3 is 26.0 Å². The molecule has 14 nitrogen and oxygen atoms in total. The van der Waals surface area contributed by atoms with Gasteiger partial charge in [0.2, 0.25) is 5.65 Å². The van der Waals surface area contributed by atoms with E-state index in [4.69, 9.17) is 22.6 Å². The molecule has 0 bridgehead atoms. The van der Waals surface area contributed by atoms with Crippen LogP contribution in [0.15, 0.2) is 39.9 Å². The first-order valence-corrected chi connectivity index (χ1v) is 10.1. The highest BCUT2D eigenvalue weighted by Gasteiger charge is 2.20. The Bertz CT molecular complexity index is 1480. The smallest absolute Gasteiger partial charge is 0.356 e. The number of methoxy groups -OCH3 is 1. The van der Waals surface area contributed by atoms with Gasteiger partial charge in [0.1, 0.15) is 11.4 Å². The van der Waals surface area contributed by atoms with Crippen LogP contribution >= 0.6 is 11.8 Å². The molecule has 4 aromatic rings. The van der Waals surface area contributed by atoms with Gasteiger partial charge in [-0.25, -0.2) is 19.4 Å². The summed E-state index contributed by atoms with van der Waals surface area (Å²) in [4.78, 5) is 50.4. The van der Waals surface area contributed by atoms with Crippen molar-refractivity contribution < 1.29 is 24.5 Å². The minimum atomic E-state index is -1.35. The van der Waals surface area contributed by atoms with Crippen LogP contribution in [0.3, 0.4) is 0 Å². The van der Waals surface area contributed by atoms with Crippen molar-refractivity contribution >= 4 is 40.7 Å². The molecule has 6 N–H and O–H groups in total. The lowest BCUT2D eigenvalue weighted by molar-refractivity contribution is 0.0590. The highest BCUT2D eigenvalue weighted by molar-refractivity contribution is 6.13. The summed E-state index contributed by atoms with van der Waals surface area (Å²) in [7, 11) is 1.13. The first-order chi connectivity index (χ1) is 16.7. The first kappa shape index (κ1) is 25.1. The molecular formula is C20H18ClN7O7. The fourth-order valence-corrected chi connectivity index (χ4v) is 3.08. The maximum absolute atomic E-state index is 11.4. The van der Waals surface area contributed by atoms with Crippen LogP contribution in [-0.2, 0) is 17.8 Å². The number of carboxylic acid groups (broad SMARTS) is 1. The van der Waals surface area contributed by atoms with E-state index < -0.39 is 34.4 Å². The maximum Gasteiger partial charge on any atom is 0.356 e. The lowest BCUT2D eigenvalue weighted by Gasteiger charge is -2.10. The van der Waals surface area contributed by atoms with E-state index in [1.54, 1.807) is 0 Å². The molecule has 0 saturated heterocycles. The molecule has 0 aliphatic rings. The highest BCUT2D eigenvalue weighted by atomic mass is 35.5. The van der Waals surface area contributed by atoms with Crippen LogP contribution < -0.4 is 26.7 Å². The number of carboxylic acids is 1. The first-order valence-electron chi connectivity index (χ1n) is 9.68. The van der Waals surface area contributed by atoms with Gasteiger partial charge in [0.15, 0.2) is 11.4 Å². The number of nitrogens with one attached hydrogen (secondary N) is 2. The second kappa shape index (κ2) is 10.6. The zero-order valence-corrected chi connectivity index (χ0v) is 18.7. The molecule has 2 heterocycles. The van der Waals surface area contributed by atoms with E-state index in [2.05, 4.69) is 30.2 Å². The number of nitrogens with two attached hydrogens (primary N) is 1. The Morgan fingerprint density at radius 1 is 1.17 bits per heavy atom. The summed E-state index contributed by atoms with van der Waals surface area (Å²) < 4.78 is 5.35. The normalized spacial score (nSPS) is 10.6. The van der Waals surface area contributed by atoms with Crippen molar-refractivity contribution in [1.82, 2.24) is 24.6 Å². The van der Waals surface area contributed by atoms with Gasteiger partial charge in [0, 0.05) is 19.2 Å². The molecule has 2 aromatic carbocycles. The summed E-state index contributed by atoms with van der Waals surface area (Å²) >= 11 is 5.43. The maximum atomic E-state index is 11.4. The third kappa shape index (κ3) is 5.34. The Labute approximate surface area is 200 Å². The Kier molecular flexibility index (Phi) is 7.58. The predicted molar refractivity (Wildman–Crippen MR) is 123 cm³/mol. The summed E-state index contributed by atoms with van der Waals surface area (Å²) in [5.74, 6) is -2.73. The number of nitrogen functional groups attached to an aromatic ring is 1. The molecule has 0 saturated carbocycles. The van der Waals surface area contributed by atoms with Crippen molar-refractivity contribution in [3.05, 3.63) is 73.3 Å². The lowest BCUT2D eigenvalue weighted by Crippen LogP contribution is -2.36. The molecule has 0 aliphatic carbocycles. The summed E-state index contributed by atoms with van der Waals surface area (Å²) in [5, 5.41) is 27.7. The third-order valence-electron chi connectivity index (χ3n) is 4.65. The molecule has 0 atom stereocenters. The fraction of sp³-hybridized carbons (Fsp3) is 0.150. The van der Waals surface area contributed by atoms with Crippen LogP contribution in [0.1, 0.15) is 32.1 Å². The summed E-state index contributed by atoms with van der Waals surface area (Å²) in [6.07, 6.45) is 0. The number of rotatable bonds is 7. The van der Waals surface area contributed by atoms with Gasteiger partial charge in [-0.15, -0.1) is 0 Å². The van der Waals surface area contributed by atoms with E-state index in [-0.39, 0.29) is 22.7 Å². The van der Waals surface area contributed by atoms with Crippen LogP contribution in [0.5, 0.6) is 5.88 Å². The van der Waals surface area contributed by atoms with E-state index in [9.17, 15) is 24.3 Å². The number of anilines is 2. The number of benzene rings is 1. The Morgan fingerprint density at radius 3 is 2.46 bits per heavy atom. The summed E-state index contributed by atoms with van der Waals surface area (Å²) in [6.45, 7) is 0.989. The van der Waals surface area contributed by atoms with Gasteiger partial charge in [-0.2, -0.15) is 4.52 Å². The second-order valence-corrected chi connectivity index (χ2v) is 7.17. The number of carbonyl (C=O) groups is 2. The summed E-state index contributed by atoms with van der Waals surface area (Å²) in [6, 6.07) is 8.67. The Balaban J connectivity index is 0.000000196. The van der Waals surface area contributed by atoms with Gasteiger partial charge >= 0.3 is 11.9 Å². The second-order valence-electron chi connectivity index (χ2n) is 6.90. The molecule has 0 radical (unpaired) electrons. The molecule has 0 spiro atoms. The number of aromatic nitrogens is 4. The van der Waals surface area contributed by atoms with E-state index in [1.807, 2.05) is 24.3 Å². The number of hydrogen-bond donors (Lipinski definition) is 5. The van der Waals surface area contributed by atoms with Crippen LogP contribution in [0.25, 0.3) is 5.65 Å². The molecule has 0 aliphatic heterocycles. The van der Waals surface area contributed by atoms with Gasteiger partial charge in [-0.1, -0.05) is 34.6 Å². The number of ether oxygens (including phenoxy) is 1. The van der Waals surface area contributed by atoms with E-state index >= 15 is 0 Å². The number of nitrogens with zero attached hydrogens (tertiary/aromatic N) is 4. The average Bonchev–Trinajstić information content (AvgIpc) is 3.24. The number of aromatic hydroxyl groups is 1. The van der Waals surface area contributed by atoms with Crippen molar-refractivity contribution in [3.63, 3.8) is 0 Å². The van der Waals surface area contributed by atoms with Crippen LogP contribution in [-0.4, -0.2) is 49.1 Å². The van der Waals surface area contributed by atoms with E-state index in [0.29, 0.717) is 13.1 Å². The highest BCUT2D eigenvalue weighted by Crippen LogP contribution is 2.16. The van der Waals surface area contributed by atoms with Crippen molar-refractivity contribution in [2.45, 2.75) is 13.1 Å². The van der Waals surface area contributed by atoms with Crippen molar-refractivity contribution in [1.29, 1.82) is 0 Å². The number of fused-ring (bicyclic) bond motifs is 1. The number of halogens is 1. The van der Waals surface area contributed by atoms with Crippen molar-refractivity contribution in [3.8, 4) is 5.88 Å². The van der Waals surface area contributed by atoms with Gasteiger partial charge in [0.05, 0.1) is 7.11 Å². The molecule has 4 rings (SSSR count). The SMILES string of the molecule is COC(=O)c1cc(C(=O)O)nc2c(O)nnn12.Nc1c(NCc2cccc(CNCl)c2)c(=O)c1=O. The Hall–Kier alpha value is -4.56. The standard InChI is InChI=1S/C12H12ClN3O2.C8H6N4O5/c13-16-6-8-3-1-2-7(4-8)5-15-10-9(14)11(17)12(10)18;1-17-8(16)4-2-3(7(14)15)9-5-6(13)10-11-12(4)5/h1-4,15-16H,5-6,14H2;2,13H,1H3,(H,14,15). The molecule has 0 fully saturated rings. The number of aromatic carboxylic acids is 1. The molecule has 0 amide bonds. The summed E-state index contributed by atoms with van der Waals surface area (Å²) in [5.41, 5.74) is 5.64. The van der Waals surface area contributed by atoms with Crippen LogP contribution in [0.4, 0.5) is 11.4 Å². The third-order valence-corrected chi connectivity index (χ3v) is 4.78. The number of hydrogen-bond acceptors (Lipinski definition) is 12. The van der Waals surface area contributed by atoms with Crippen LogP contribution in [0, 0.1) is 0 Å². The molecule has 35 heavy (non-hydrogen) atoms. The molecular weight excluding hydrogens is 486 g/mol. The zero-order valence-electron chi connectivity index (χ0n) is 18.0. The average molecular weight is 504 g/mol. The minimum absolute atomic E-state index is 0.0126. The monoisotopic (exact) mass is 503 g/mol. The van der Waals surface area contributed by atoms with E-state index in [1.165, 1.54) is 0 Å². The largest absolute Gasteiger partial charge is 0.489 e. The van der Waals surface area contributed by atoms with Crippen LogP contribution in [0.2, 0.25) is 0 Å². The number of carbonyl (C=O) groups excluding carboxylic acids is 1. The quantitative estimate of drug-likeness (QED) is 0.128. The van der Waals surface area contributed by atoms with E-state index in [0.717, 1.165) is 28.8 Å². The van der Waals surface area contributed by atoms with Gasteiger partial charge in [-0.05, 0) is 22.9 Å². The molecule has 15 heteroatoms. The molecule has 2 aromatic heterocycles. The minimum Gasteiger partial charge on any atom is -0.489 e. The predicted octanol–water partition coefficient (Wildman–Crippen LogP) is 0.0350. The fourth-order valence-electron chi connectivity index (χ4n) is 2.93. The Morgan fingerprint density at radius 2 is 1.86 bits per heavy atom. The topological polar surface area (TPSA) is 211 Å². The van der Waals surface area contributed by atoms with Gasteiger partial charge in [0.25, 0.3) is 16.7 Å². The number of esters is 1. The van der Waals surface area contributed by atoms with Crippen molar-refractivity contribution in [2.75, 3.05) is 18.2 Å². The zero-order chi connectivity index (χ0) is 25.7. The molecule has 0 unspecified atom stereocenters. The lowest BCUT2D eigenvalue weighted by atomic mass is 10.1. The van der Waals surface area contributed by atoms with Gasteiger partial charge in [-0.3, -0.25) is 9.59 Å².